The highest BCUT2D eigenvalue weighted by molar-refractivity contribution is 8.00. The highest BCUT2D eigenvalue weighted by Gasteiger charge is 2.24. The van der Waals surface area contributed by atoms with Crippen LogP contribution in [0.5, 0.6) is 11.5 Å². The molecule has 0 saturated carbocycles. The van der Waals surface area contributed by atoms with Gasteiger partial charge in [0.2, 0.25) is 5.91 Å². The quantitative estimate of drug-likeness (QED) is 0.243. The van der Waals surface area contributed by atoms with Gasteiger partial charge >= 0.3 is 0 Å². The molecule has 0 aliphatic rings. The van der Waals surface area contributed by atoms with E-state index in [4.69, 9.17) is 9.47 Å². The van der Waals surface area contributed by atoms with E-state index in [-0.39, 0.29) is 11.8 Å². The van der Waals surface area contributed by atoms with Crippen molar-refractivity contribution >= 4 is 35.0 Å². The molecule has 2 N–H and O–H groups in total. The second kappa shape index (κ2) is 12.1. The van der Waals surface area contributed by atoms with Crippen LogP contribution in [0.4, 0.5) is 11.4 Å². The van der Waals surface area contributed by atoms with E-state index in [0.717, 1.165) is 16.0 Å². The highest BCUT2D eigenvalue weighted by atomic mass is 32.2. The minimum Gasteiger partial charge on any atom is -0.497 e. The molecule has 0 radical (unpaired) electrons. The van der Waals surface area contributed by atoms with Crippen LogP contribution in [0.25, 0.3) is 0 Å². The molecule has 2 amide bonds. The molecule has 0 aromatic heterocycles. The Labute approximate surface area is 221 Å². The van der Waals surface area contributed by atoms with Crippen LogP contribution in [-0.4, -0.2) is 26.0 Å². The zero-order chi connectivity index (χ0) is 26.2. The van der Waals surface area contributed by atoms with E-state index in [0.29, 0.717) is 28.4 Å². The van der Waals surface area contributed by atoms with Gasteiger partial charge in [-0.25, -0.2) is 0 Å². The number of hydrogen-bond acceptors (Lipinski definition) is 5. The van der Waals surface area contributed by atoms with Crippen molar-refractivity contribution in [1.29, 1.82) is 0 Å². The molecule has 0 saturated heterocycles. The van der Waals surface area contributed by atoms with Gasteiger partial charge in [-0.3, -0.25) is 9.59 Å². The first-order valence-electron chi connectivity index (χ1n) is 11.7. The van der Waals surface area contributed by atoms with Crippen LogP contribution in [0.15, 0.2) is 102 Å². The van der Waals surface area contributed by atoms with Crippen molar-refractivity contribution < 1.29 is 19.1 Å². The maximum atomic E-state index is 13.6. The van der Waals surface area contributed by atoms with E-state index < -0.39 is 5.25 Å². The maximum absolute atomic E-state index is 13.6. The van der Waals surface area contributed by atoms with E-state index in [2.05, 4.69) is 10.6 Å². The molecule has 37 heavy (non-hydrogen) atoms. The summed E-state index contributed by atoms with van der Waals surface area (Å²) >= 11 is 1.40. The minimum absolute atomic E-state index is 0.190. The Morgan fingerprint density at radius 1 is 0.784 bits per heavy atom. The van der Waals surface area contributed by atoms with Crippen molar-refractivity contribution in [2.75, 3.05) is 24.9 Å². The van der Waals surface area contributed by atoms with Crippen LogP contribution >= 0.6 is 11.8 Å². The summed E-state index contributed by atoms with van der Waals surface area (Å²) in [4.78, 5) is 27.1. The minimum atomic E-state index is -0.555. The number of methoxy groups -OCH3 is 2. The third-order valence-electron chi connectivity index (χ3n) is 5.66. The summed E-state index contributed by atoms with van der Waals surface area (Å²) < 4.78 is 10.7. The van der Waals surface area contributed by atoms with Crippen molar-refractivity contribution in [1.82, 2.24) is 0 Å². The number of nitrogens with one attached hydrogen (secondary N) is 2. The van der Waals surface area contributed by atoms with Gasteiger partial charge in [0, 0.05) is 22.2 Å². The van der Waals surface area contributed by atoms with Crippen LogP contribution in [-0.2, 0) is 4.79 Å². The number of anilines is 2. The van der Waals surface area contributed by atoms with Gasteiger partial charge in [0.1, 0.15) is 16.7 Å². The second-order valence-corrected chi connectivity index (χ2v) is 9.49. The molecule has 0 heterocycles. The van der Waals surface area contributed by atoms with Crippen molar-refractivity contribution in [2.45, 2.75) is 17.1 Å². The Kier molecular flexibility index (Phi) is 8.48. The van der Waals surface area contributed by atoms with Gasteiger partial charge in [-0.2, -0.15) is 0 Å². The molecule has 0 aliphatic heterocycles. The lowest BCUT2D eigenvalue weighted by molar-refractivity contribution is -0.115. The topological polar surface area (TPSA) is 76.7 Å². The molecule has 4 aromatic rings. The Hall–Kier alpha value is -4.23. The summed E-state index contributed by atoms with van der Waals surface area (Å²) in [5.74, 6) is 0.741. The summed E-state index contributed by atoms with van der Waals surface area (Å²) in [7, 11) is 3.12. The predicted octanol–water partition coefficient (Wildman–Crippen LogP) is 6.74. The first kappa shape index (κ1) is 25.9. The lowest BCUT2D eigenvalue weighted by Crippen LogP contribution is -2.19. The molecule has 0 spiro atoms. The van der Waals surface area contributed by atoms with Crippen LogP contribution < -0.4 is 20.1 Å². The molecule has 0 bridgehead atoms. The van der Waals surface area contributed by atoms with Gasteiger partial charge in [-0.1, -0.05) is 54.1 Å². The molecule has 4 rings (SSSR count). The Balaban J connectivity index is 1.57. The second-order valence-electron chi connectivity index (χ2n) is 8.31. The first-order valence-corrected chi connectivity index (χ1v) is 12.6. The molecule has 1 atom stereocenters. The number of benzene rings is 4. The van der Waals surface area contributed by atoms with Crippen LogP contribution in [0.1, 0.15) is 26.7 Å². The average Bonchev–Trinajstić information content (AvgIpc) is 2.92. The van der Waals surface area contributed by atoms with Crippen LogP contribution in [0.3, 0.4) is 0 Å². The van der Waals surface area contributed by atoms with Gasteiger partial charge in [0.25, 0.3) is 5.91 Å². The number of hydrogen-bond donors (Lipinski definition) is 2. The van der Waals surface area contributed by atoms with Gasteiger partial charge in [-0.05, 0) is 55.0 Å². The summed E-state index contributed by atoms with van der Waals surface area (Å²) in [6, 6.07) is 29.7. The van der Waals surface area contributed by atoms with Crippen molar-refractivity contribution in [3.8, 4) is 11.5 Å². The summed E-state index contributed by atoms with van der Waals surface area (Å²) in [6.07, 6.45) is 0. The summed E-state index contributed by atoms with van der Waals surface area (Å²) in [6.45, 7) is 1.98. The Bertz CT molecular complexity index is 1370. The van der Waals surface area contributed by atoms with Gasteiger partial charge in [0.15, 0.2) is 0 Å². The molecule has 0 aliphatic carbocycles. The Morgan fingerprint density at radius 3 is 2.24 bits per heavy atom. The summed E-state index contributed by atoms with van der Waals surface area (Å²) in [5, 5.41) is 5.38. The van der Waals surface area contributed by atoms with Gasteiger partial charge in [0.05, 0.1) is 19.9 Å². The monoisotopic (exact) mass is 512 g/mol. The molecule has 1 unspecified atom stereocenters. The lowest BCUT2D eigenvalue weighted by Gasteiger charge is -2.19. The SMILES string of the molecule is COc1ccc(OC)c(NC(=O)C(Sc2cccc(NC(=O)c3ccc(C)cc3)c2)c2ccccc2)c1. The number of carbonyl (C=O) groups excluding carboxylic acids is 2. The number of ether oxygens (including phenoxy) is 2. The van der Waals surface area contributed by atoms with Crippen LogP contribution in [0.2, 0.25) is 0 Å². The molecule has 4 aromatic carbocycles. The highest BCUT2D eigenvalue weighted by Crippen LogP contribution is 2.38. The number of amides is 2. The fourth-order valence-corrected chi connectivity index (χ4v) is 4.79. The standard InChI is InChI=1S/C30H28N2O4S/c1-20-12-14-22(15-13-20)29(33)31-23-10-7-11-25(18-23)37-28(21-8-5-4-6-9-21)30(34)32-26-19-24(35-2)16-17-27(26)36-3/h4-19,28H,1-3H3,(H,31,33)(H,32,34). The van der Waals surface area contributed by atoms with E-state index in [1.165, 1.54) is 11.8 Å². The largest absolute Gasteiger partial charge is 0.497 e. The maximum Gasteiger partial charge on any atom is 0.255 e. The number of thioether (sulfide) groups is 1. The molecule has 188 valence electrons. The molecular formula is C30H28N2O4S. The fraction of sp³-hybridized carbons (Fsp3) is 0.133. The summed E-state index contributed by atoms with van der Waals surface area (Å²) in [5.41, 5.74) is 3.69. The third kappa shape index (κ3) is 6.71. The van der Waals surface area contributed by atoms with Crippen molar-refractivity contribution in [3.05, 3.63) is 114 Å². The zero-order valence-corrected chi connectivity index (χ0v) is 21.7. The molecular weight excluding hydrogens is 484 g/mol. The number of carbonyl (C=O) groups is 2. The average molecular weight is 513 g/mol. The normalized spacial score (nSPS) is 11.3. The van der Waals surface area contributed by atoms with E-state index in [9.17, 15) is 9.59 Å². The van der Waals surface area contributed by atoms with Crippen molar-refractivity contribution in [3.63, 3.8) is 0 Å². The first-order chi connectivity index (χ1) is 18.0. The van der Waals surface area contributed by atoms with E-state index in [1.54, 1.807) is 44.6 Å². The van der Waals surface area contributed by atoms with Gasteiger partial charge < -0.3 is 20.1 Å². The smallest absolute Gasteiger partial charge is 0.255 e. The number of aryl methyl sites for hydroxylation is 1. The zero-order valence-electron chi connectivity index (χ0n) is 20.9. The van der Waals surface area contributed by atoms with Crippen LogP contribution in [0, 0.1) is 6.92 Å². The van der Waals surface area contributed by atoms with E-state index in [1.807, 2.05) is 73.7 Å². The Morgan fingerprint density at radius 2 is 1.54 bits per heavy atom. The molecule has 6 nitrogen and oxygen atoms in total. The van der Waals surface area contributed by atoms with E-state index >= 15 is 0 Å². The predicted molar refractivity (Wildman–Crippen MR) is 149 cm³/mol. The molecule has 0 fully saturated rings. The number of rotatable bonds is 9. The van der Waals surface area contributed by atoms with Gasteiger partial charge in [-0.15, -0.1) is 11.8 Å². The molecule has 7 heteroatoms. The lowest BCUT2D eigenvalue weighted by atomic mass is 10.1. The third-order valence-corrected chi connectivity index (χ3v) is 6.91. The van der Waals surface area contributed by atoms with Crippen molar-refractivity contribution in [2.24, 2.45) is 0 Å². The fourth-order valence-electron chi connectivity index (χ4n) is 3.70.